The molecule has 0 amide bonds. The highest BCUT2D eigenvalue weighted by Gasteiger charge is 2.49. The predicted octanol–water partition coefficient (Wildman–Crippen LogP) is 2.74. The fourth-order valence-corrected chi connectivity index (χ4v) is 2.53. The van der Waals surface area contributed by atoms with E-state index in [0.717, 1.165) is 0 Å². The molecule has 2 unspecified atom stereocenters. The molecule has 1 aromatic carbocycles. The van der Waals surface area contributed by atoms with Gasteiger partial charge in [-0.3, -0.25) is 4.79 Å². The van der Waals surface area contributed by atoms with E-state index in [9.17, 15) is 9.59 Å². The molecule has 0 bridgehead atoms. The molecule has 2 rings (SSSR count). The maximum absolute atomic E-state index is 13.1. The summed E-state index contributed by atoms with van der Waals surface area (Å²) in [6.45, 7) is 4.11. The van der Waals surface area contributed by atoms with Crippen molar-refractivity contribution in [2.45, 2.75) is 38.4 Å². The lowest BCUT2D eigenvalue weighted by Gasteiger charge is -2.30. The van der Waals surface area contributed by atoms with E-state index in [-0.39, 0.29) is 13.2 Å². The lowest BCUT2D eigenvalue weighted by atomic mass is 9.84. The van der Waals surface area contributed by atoms with Crippen LogP contribution in [-0.2, 0) is 29.4 Å². The Morgan fingerprint density at radius 3 is 2.57 bits per heavy atom. The number of esters is 1. The molecule has 0 aliphatic carbocycles. The van der Waals surface area contributed by atoms with Crippen LogP contribution < -0.4 is 0 Å². The first-order chi connectivity index (χ1) is 11.2. The summed E-state index contributed by atoms with van der Waals surface area (Å²) in [5.41, 5.74) is -0.533. The van der Waals surface area contributed by atoms with Gasteiger partial charge < -0.3 is 14.2 Å². The first-order valence-corrected chi connectivity index (χ1v) is 7.86. The van der Waals surface area contributed by atoms with Crippen LogP contribution in [0.2, 0.25) is 0 Å². The van der Waals surface area contributed by atoms with Crippen molar-refractivity contribution in [1.29, 1.82) is 0 Å². The van der Waals surface area contributed by atoms with Gasteiger partial charge in [0.1, 0.15) is 0 Å². The van der Waals surface area contributed by atoms with Crippen molar-refractivity contribution in [1.82, 2.24) is 0 Å². The first-order valence-electron chi connectivity index (χ1n) is 7.86. The second-order valence-corrected chi connectivity index (χ2v) is 5.25. The van der Waals surface area contributed by atoms with E-state index in [1.807, 2.05) is 37.3 Å². The first kappa shape index (κ1) is 17.2. The quantitative estimate of drug-likeness (QED) is 0.545. The molecule has 1 aromatic rings. The molecule has 0 saturated heterocycles. The highest BCUT2D eigenvalue weighted by molar-refractivity contribution is 6.07. The summed E-state index contributed by atoms with van der Waals surface area (Å²) in [4.78, 5) is 25.3. The van der Waals surface area contributed by atoms with Gasteiger partial charge in [0.15, 0.2) is 5.60 Å². The Morgan fingerprint density at radius 1 is 1.26 bits per heavy atom. The minimum Gasteiger partial charge on any atom is -0.482 e. The molecule has 1 heterocycles. The summed E-state index contributed by atoms with van der Waals surface area (Å²) >= 11 is 0. The lowest BCUT2D eigenvalue weighted by Crippen LogP contribution is -2.47. The molecule has 23 heavy (non-hydrogen) atoms. The molecule has 0 fully saturated rings. The maximum atomic E-state index is 13.1. The number of ether oxygens (including phenoxy) is 3. The van der Waals surface area contributed by atoms with Gasteiger partial charge in [-0.15, -0.1) is 0 Å². The minimum atomic E-state index is -1.29. The average Bonchev–Trinajstić information content (AvgIpc) is 3.09. The molecule has 0 N–H and O–H groups in total. The van der Waals surface area contributed by atoms with Crippen LogP contribution in [0.3, 0.4) is 0 Å². The molecule has 124 valence electrons. The number of ketones is 1. The van der Waals surface area contributed by atoms with Crippen molar-refractivity contribution < 1.29 is 23.8 Å². The van der Waals surface area contributed by atoms with Crippen LogP contribution in [0.15, 0.2) is 42.7 Å². The molecule has 5 nitrogen and oxygen atoms in total. The number of Topliss-reactive ketones (excluding diaryl/α,β-unsaturated/α-hetero) is 1. The van der Waals surface area contributed by atoms with E-state index >= 15 is 0 Å². The highest BCUT2D eigenvalue weighted by Crippen LogP contribution is 2.37. The van der Waals surface area contributed by atoms with Gasteiger partial charge in [0.2, 0.25) is 11.9 Å². The van der Waals surface area contributed by atoms with Crippen molar-refractivity contribution in [3.63, 3.8) is 0 Å². The summed E-state index contributed by atoms with van der Waals surface area (Å²) in [5, 5.41) is 0. The normalized spacial score (nSPS) is 20.8. The van der Waals surface area contributed by atoms with Crippen molar-refractivity contribution in [3.05, 3.63) is 48.2 Å². The van der Waals surface area contributed by atoms with Crippen LogP contribution >= 0.6 is 0 Å². The highest BCUT2D eigenvalue weighted by atomic mass is 16.6. The summed E-state index contributed by atoms with van der Waals surface area (Å²) in [6.07, 6.45) is 3.02. The summed E-state index contributed by atoms with van der Waals surface area (Å²) in [5.74, 6) is -1.10. The van der Waals surface area contributed by atoms with Gasteiger partial charge in [-0.1, -0.05) is 37.3 Å². The molecule has 0 radical (unpaired) electrons. The predicted molar refractivity (Wildman–Crippen MR) is 84.6 cm³/mol. The van der Waals surface area contributed by atoms with Gasteiger partial charge in [0.05, 0.1) is 12.9 Å². The number of carbonyl (C=O) groups excluding carboxylic acids is 2. The molecule has 5 heteroatoms. The van der Waals surface area contributed by atoms with Crippen LogP contribution in [0.5, 0.6) is 0 Å². The molecule has 0 aromatic heterocycles. The molecule has 0 saturated carbocycles. The third-order valence-corrected chi connectivity index (χ3v) is 3.64. The number of rotatable bonds is 8. The van der Waals surface area contributed by atoms with Crippen LogP contribution in [0, 0.1) is 0 Å². The van der Waals surface area contributed by atoms with E-state index < -0.39 is 23.5 Å². The zero-order chi connectivity index (χ0) is 16.7. The number of benzene rings is 1. The Balaban J connectivity index is 2.30. The van der Waals surface area contributed by atoms with E-state index in [0.29, 0.717) is 18.4 Å². The zero-order valence-electron chi connectivity index (χ0n) is 13.5. The molecule has 0 spiro atoms. The van der Waals surface area contributed by atoms with Crippen molar-refractivity contribution in [2.24, 2.45) is 0 Å². The van der Waals surface area contributed by atoms with Gasteiger partial charge in [-0.05, 0) is 19.4 Å². The molecule has 1 aliphatic rings. The SMILES string of the molecule is CCCOC(=O)C(OCC)C(=O)C1(c2ccccc2)CC=CO1. The van der Waals surface area contributed by atoms with E-state index in [4.69, 9.17) is 14.2 Å². The summed E-state index contributed by atoms with van der Waals surface area (Å²) in [6, 6.07) is 9.14. The average molecular weight is 318 g/mol. The fraction of sp³-hybridized carbons (Fsp3) is 0.444. The van der Waals surface area contributed by atoms with Gasteiger partial charge >= 0.3 is 5.97 Å². The Morgan fingerprint density at radius 2 is 2.00 bits per heavy atom. The lowest BCUT2D eigenvalue weighted by molar-refractivity contribution is -0.169. The number of hydrogen-bond donors (Lipinski definition) is 0. The Labute approximate surface area is 136 Å². The van der Waals surface area contributed by atoms with Crippen LogP contribution in [0.25, 0.3) is 0 Å². The molecular weight excluding hydrogens is 296 g/mol. The van der Waals surface area contributed by atoms with Gasteiger partial charge in [-0.25, -0.2) is 4.79 Å². The minimum absolute atomic E-state index is 0.232. The number of carbonyl (C=O) groups is 2. The third kappa shape index (κ3) is 3.62. The van der Waals surface area contributed by atoms with E-state index in [1.165, 1.54) is 6.26 Å². The summed E-state index contributed by atoms with van der Waals surface area (Å²) < 4.78 is 16.1. The number of hydrogen-bond acceptors (Lipinski definition) is 5. The van der Waals surface area contributed by atoms with Crippen LogP contribution in [0.1, 0.15) is 32.3 Å². The Kier molecular flexibility index (Phi) is 5.93. The Bertz CT molecular complexity index is 556. The van der Waals surface area contributed by atoms with Crippen molar-refractivity contribution >= 4 is 11.8 Å². The van der Waals surface area contributed by atoms with Crippen LogP contribution in [0.4, 0.5) is 0 Å². The van der Waals surface area contributed by atoms with Gasteiger partial charge in [-0.2, -0.15) is 0 Å². The molecule has 1 aliphatic heterocycles. The monoisotopic (exact) mass is 318 g/mol. The van der Waals surface area contributed by atoms with Crippen LogP contribution in [-0.4, -0.2) is 31.1 Å². The smallest absolute Gasteiger partial charge is 0.343 e. The van der Waals surface area contributed by atoms with Gasteiger partial charge in [0.25, 0.3) is 0 Å². The van der Waals surface area contributed by atoms with Crippen molar-refractivity contribution in [2.75, 3.05) is 13.2 Å². The summed E-state index contributed by atoms with van der Waals surface area (Å²) in [7, 11) is 0. The Hall–Kier alpha value is -2.14. The fourth-order valence-electron chi connectivity index (χ4n) is 2.53. The zero-order valence-corrected chi connectivity index (χ0v) is 13.5. The second kappa shape index (κ2) is 7.92. The third-order valence-electron chi connectivity index (χ3n) is 3.64. The maximum Gasteiger partial charge on any atom is 0.343 e. The second-order valence-electron chi connectivity index (χ2n) is 5.25. The largest absolute Gasteiger partial charge is 0.482 e. The topological polar surface area (TPSA) is 61.8 Å². The molecule has 2 atom stereocenters. The van der Waals surface area contributed by atoms with Crippen molar-refractivity contribution in [3.8, 4) is 0 Å². The van der Waals surface area contributed by atoms with E-state index in [2.05, 4.69) is 0 Å². The van der Waals surface area contributed by atoms with Gasteiger partial charge in [0, 0.05) is 18.6 Å². The standard InChI is InChI=1S/C18H22O5/c1-3-12-22-17(20)15(21-4-2)16(19)18(11-8-13-23-18)14-9-6-5-7-10-14/h5-10,13,15H,3-4,11-12H2,1-2H3. The molecular formula is C18H22O5. The van der Waals surface area contributed by atoms with E-state index in [1.54, 1.807) is 13.0 Å².